The van der Waals surface area contributed by atoms with Crippen molar-refractivity contribution in [2.75, 3.05) is 13.2 Å². The van der Waals surface area contributed by atoms with Crippen molar-refractivity contribution in [1.82, 2.24) is 5.32 Å². The van der Waals surface area contributed by atoms with E-state index in [0.29, 0.717) is 13.0 Å². The Morgan fingerprint density at radius 3 is 2.59 bits per heavy atom. The van der Waals surface area contributed by atoms with Gasteiger partial charge >= 0.3 is 6.18 Å². The van der Waals surface area contributed by atoms with Gasteiger partial charge in [-0.25, -0.2) is 0 Å². The smallest absolute Gasteiger partial charge is 0.425 e. The molecule has 0 bridgehead atoms. The van der Waals surface area contributed by atoms with E-state index < -0.39 is 35.4 Å². The summed E-state index contributed by atoms with van der Waals surface area (Å²) in [7, 11) is 0. The van der Waals surface area contributed by atoms with Crippen molar-refractivity contribution in [1.29, 1.82) is 0 Å². The number of alkyl halides is 3. The van der Waals surface area contributed by atoms with Crippen LogP contribution in [0, 0.1) is 6.92 Å². The van der Waals surface area contributed by atoms with E-state index in [9.17, 15) is 23.1 Å². The summed E-state index contributed by atoms with van der Waals surface area (Å²) in [6, 6.07) is 2.33. The topological polar surface area (TPSA) is 71.7 Å². The van der Waals surface area contributed by atoms with Crippen LogP contribution in [0.1, 0.15) is 31.3 Å². The number of aliphatic hydroxyl groups is 1. The first-order valence-corrected chi connectivity index (χ1v) is 6.81. The van der Waals surface area contributed by atoms with Crippen molar-refractivity contribution in [3.63, 3.8) is 0 Å². The summed E-state index contributed by atoms with van der Waals surface area (Å²) in [5, 5.41) is 12.5. The highest BCUT2D eigenvalue weighted by molar-refractivity contribution is 5.78. The van der Waals surface area contributed by atoms with Gasteiger partial charge in [-0.15, -0.1) is 0 Å². The lowest BCUT2D eigenvalue weighted by Gasteiger charge is -2.30. The number of amides is 1. The Labute approximate surface area is 125 Å². The lowest BCUT2D eigenvalue weighted by Crippen LogP contribution is -2.51. The van der Waals surface area contributed by atoms with E-state index in [1.54, 1.807) is 6.92 Å². The van der Waals surface area contributed by atoms with E-state index >= 15 is 0 Å². The fourth-order valence-electron chi connectivity index (χ4n) is 2.36. The maximum atomic E-state index is 13.3. The third-order valence-corrected chi connectivity index (χ3v) is 3.69. The number of hydrogen-bond acceptors (Lipinski definition) is 4. The first-order chi connectivity index (χ1) is 10.1. The molecule has 0 saturated carbocycles. The molecule has 1 aliphatic heterocycles. The molecule has 1 aromatic rings. The van der Waals surface area contributed by atoms with Gasteiger partial charge in [0.05, 0.1) is 18.6 Å². The Morgan fingerprint density at radius 1 is 1.45 bits per heavy atom. The van der Waals surface area contributed by atoms with Crippen LogP contribution in [0.3, 0.4) is 0 Å². The van der Waals surface area contributed by atoms with Gasteiger partial charge in [-0.3, -0.25) is 4.79 Å². The fourth-order valence-corrected chi connectivity index (χ4v) is 2.36. The molecule has 0 radical (unpaired) electrons. The van der Waals surface area contributed by atoms with Crippen molar-refractivity contribution in [2.24, 2.45) is 0 Å². The first kappa shape index (κ1) is 16.8. The SMILES string of the molecule is Cc1ccc(C(O)(CC(=O)NC2(C)CCOC2)C(F)(F)F)o1. The molecule has 1 saturated heterocycles. The van der Waals surface area contributed by atoms with Crippen LogP contribution in [-0.2, 0) is 15.1 Å². The van der Waals surface area contributed by atoms with Crippen LogP contribution in [0.25, 0.3) is 0 Å². The predicted octanol–water partition coefficient (Wildman–Crippen LogP) is 2.02. The second kappa shape index (κ2) is 5.58. The van der Waals surface area contributed by atoms with Gasteiger partial charge in [-0.2, -0.15) is 13.2 Å². The fraction of sp³-hybridized carbons (Fsp3) is 0.643. The van der Waals surface area contributed by atoms with Crippen LogP contribution in [0.15, 0.2) is 16.5 Å². The van der Waals surface area contributed by atoms with E-state index in [2.05, 4.69) is 5.32 Å². The molecule has 1 amide bonds. The van der Waals surface area contributed by atoms with Gasteiger partial charge in [0.1, 0.15) is 11.5 Å². The molecule has 8 heteroatoms. The predicted molar refractivity (Wildman–Crippen MR) is 70.0 cm³/mol. The van der Waals surface area contributed by atoms with Gasteiger partial charge < -0.3 is 19.6 Å². The van der Waals surface area contributed by atoms with Crippen molar-refractivity contribution in [2.45, 2.75) is 44.0 Å². The zero-order valence-electron chi connectivity index (χ0n) is 12.3. The molecule has 1 fully saturated rings. The summed E-state index contributed by atoms with van der Waals surface area (Å²) in [5.41, 5.74) is -4.08. The minimum absolute atomic E-state index is 0.217. The van der Waals surface area contributed by atoms with E-state index in [0.717, 1.165) is 6.07 Å². The first-order valence-electron chi connectivity index (χ1n) is 6.81. The third kappa shape index (κ3) is 3.27. The highest BCUT2D eigenvalue weighted by Crippen LogP contribution is 2.42. The van der Waals surface area contributed by atoms with Gasteiger partial charge in [0.25, 0.3) is 0 Å². The zero-order valence-corrected chi connectivity index (χ0v) is 12.3. The number of carbonyl (C=O) groups excluding carboxylic acids is 1. The highest BCUT2D eigenvalue weighted by Gasteiger charge is 2.58. The molecule has 2 rings (SSSR count). The summed E-state index contributed by atoms with van der Waals surface area (Å²) in [6.07, 6.45) is -5.70. The van der Waals surface area contributed by atoms with Gasteiger partial charge in [0.2, 0.25) is 11.5 Å². The highest BCUT2D eigenvalue weighted by atomic mass is 19.4. The molecular formula is C14H18F3NO4. The Hall–Kier alpha value is -1.54. The second-order valence-corrected chi connectivity index (χ2v) is 5.86. The van der Waals surface area contributed by atoms with Crippen LogP contribution in [-0.4, -0.2) is 35.9 Å². The molecule has 2 atom stereocenters. The number of hydrogen-bond donors (Lipinski definition) is 2. The maximum absolute atomic E-state index is 13.3. The monoisotopic (exact) mass is 321 g/mol. The third-order valence-electron chi connectivity index (χ3n) is 3.69. The Kier molecular flexibility index (Phi) is 4.27. The van der Waals surface area contributed by atoms with E-state index in [1.165, 1.54) is 13.0 Å². The standard InChI is InChI=1S/C14H18F3NO4/c1-9-3-4-10(22-9)13(20,14(15,16)17)7-11(19)18-12(2)5-6-21-8-12/h3-4,20H,5-8H2,1-2H3,(H,18,19). The van der Waals surface area contributed by atoms with Gasteiger partial charge in [0, 0.05) is 6.61 Å². The number of furan rings is 1. The molecule has 1 aliphatic rings. The van der Waals surface area contributed by atoms with E-state index in [4.69, 9.17) is 9.15 Å². The quantitative estimate of drug-likeness (QED) is 0.890. The molecule has 5 nitrogen and oxygen atoms in total. The number of ether oxygens (including phenoxy) is 1. The van der Waals surface area contributed by atoms with E-state index in [-0.39, 0.29) is 12.4 Å². The molecular weight excluding hydrogens is 303 g/mol. The van der Waals surface area contributed by atoms with E-state index in [1.807, 2.05) is 0 Å². The largest absolute Gasteiger partial charge is 0.463 e. The molecule has 2 unspecified atom stereocenters. The number of halogens is 3. The van der Waals surface area contributed by atoms with Crippen LogP contribution < -0.4 is 5.32 Å². The summed E-state index contributed by atoms with van der Waals surface area (Å²) in [6.45, 7) is 3.79. The normalized spacial score (nSPS) is 25.0. The summed E-state index contributed by atoms with van der Waals surface area (Å²) >= 11 is 0. The lowest BCUT2D eigenvalue weighted by atomic mass is 9.93. The zero-order chi connectivity index (χ0) is 16.6. The molecule has 0 aromatic carbocycles. The average molecular weight is 321 g/mol. The second-order valence-electron chi connectivity index (χ2n) is 5.86. The maximum Gasteiger partial charge on any atom is 0.425 e. The van der Waals surface area contributed by atoms with Gasteiger partial charge in [0.15, 0.2) is 0 Å². The van der Waals surface area contributed by atoms with Crippen molar-refractivity contribution in [3.05, 3.63) is 23.7 Å². The Balaban J connectivity index is 2.19. The summed E-state index contributed by atoms with van der Waals surface area (Å²) in [4.78, 5) is 12.0. The van der Waals surface area contributed by atoms with Crippen molar-refractivity contribution < 1.29 is 32.2 Å². The van der Waals surface area contributed by atoms with Gasteiger partial charge in [-0.05, 0) is 32.4 Å². The lowest BCUT2D eigenvalue weighted by molar-refractivity contribution is -0.273. The van der Waals surface area contributed by atoms with Crippen LogP contribution >= 0.6 is 0 Å². The number of aryl methyl sites for hydroxylation is 1. The average Bonchev–Trinajstić information content (AvgIpc) is 2.96. The number of carbonyl (C=O) groups is 1. The summed E-state index contributed by atoms with van der Waals surface area (Å²) < 4.78 is 49.8. The molecule has 22 heavy (non-hydrogen) atoms. The minimum atomic E-state index is -5.04. The molecule has 0 aliphatic carbocycles. The molecule has 2 N–H and O–H groups in total. The van der Waals surface area contributed by atoms with Crippen molar-refractivity contribution in [3.8, 4) is 0 Å². The van der Waals surface area contributed by atoms with Gasteiger partial charge in [-0.1, -0.05) is 0 Å². The van der Waals surface area contributed by atoms with Crippen LogP contribution in [0.2, 0.25) is 0 Å². The minimum Gasteiger partial charge on any atom is -0.463 e. The molecule has 0 spiro atoms. The molecule has 2 heterocycles. The molecule has 124 valence electrons. The summed E-state index contributed by atoms with van der Waals surface area (Å²) in [5.74, 6) is -1.39. The Morgan fingerprint density at radius 2 is 2.14 bits per heavy atom. The van der Waals surface area contributed by atoms with Crippen LogP contribution in [0.5, 0.6) is 0 Å². The molecule has 1 aromatic heterocycles. The Bertz CT molecular complexity index is 549. The van der Waals surface area contributed by atoms with Crippen molar-refractivity contribution >= 4 is 5.91 Å². The number of rotatable bonds is 4. The van der Waals surface area contributed by atoms with Crippen LogP contribution in [0.4, 0.5) is 13.2 Å². The number of nitrogens with one attached hydrogen (secondary N) is 1.